The molecule has 24 heavy (non-hydrogen) atoms. The molecule has 0 fully saturated rings. The molecule has 1 N–H and O–H groups in total. The zero-order chi connectivity index (χ0) is 17.1. The van der Waals surface area contributed by atoms with Crippen LogP contribution in [0.5, 0.6) is 11.5 Å². The molecule has 6 heteroatoms. The van der Waals surface area contributed by atoms with Crippen molar-refractivity contribution >= 4 is 17.2 Å². The van der Waals surface area contributed by atoms with Crippen LogP contribution in [-0.4, -0.2) is 29.0 Å². The molecule has 0 aliphatic rings. The fourth-order valence-electron chi connectivity index (χ4n) is 2.59. The van der Waals surface area contributed by atoms with Crippen molar-refractivity contribution in [2.24, 2.45) is 0 Å². The Kier molecular flexibility index (Phi) is 4.37. The van der Waals surface area contributed by atoms with Crippen molar-refractivity contribution in [2.75, 3.05) is 19.0 Å². The number of imidazole rings is 1. The van der Waals surface area contributed by atoms with E-state index in [9.17, 15) is 4.79 Å². The van der Waals surface area contributed by atoms with Crippen molar-refractivity contribution in [3.63, 3.8) is 0 Å². The van der Waals surface area contributed by atoms with Crippen LogP contribution in [0.2, 0.25) is 0 Å². The number of methoxy groups -OCH3 is 1. The van der Waals surface area contributed by atoms with E-state index in [0.29, 0.717) is 40.8 Å². The van der Waals surface area contributed by atoms with E-state index in [0.717, 1.165) is 0 Å². The fraction of sp³-hybridized carbons (Fsp3) is 0.222. The van der Waals surface area contributed by atoms with Crippen LogP contribution in [0.15, 0.2) is 42.6 Å². The SMILES string of the molecule is CCOc1cccn2c(C(=O)Nc3cccc(OC)c3)c(C)nc12. The van der Waals surface area contributed by atoms with Crippen molar-refractivity contribution < 1.29 is 14.3 Å². The third-order valence-corrected chi connectivity index (χ3v) is 3.63. The predicted octanol–water partition coefficient (Wildman–Crippen LogP) is 3.30. The summed E-state index contributed by atoms with van der Waals surface area (Å²) in [7, 11) is 1.59. The molecular weight excluding hydrogens is 306 g/mol. The standard InChI is InChI=1S/C18H19N3O3/c1-4-24-15-9-6-10-21-16(12(2)19-17(15)21)18(22)20-13-7-5-8-14(11-13)23-3/h5-11H,4H2,1-3H3,(H,20,22). The number of rotatable bonds is 5. The lowest BCUT2D eigenvalue weighted by molar-refractivity contribution is 0.102. The maximum Gasteiger partial charge on any atom is 0.274 e. The molecule has 3 rings (SSSR count). The van der Waals surface area contributed by atoms with Crippen LogP contribution in [-0.2, 0) is 0 Å². The summed E-state index contributed by atoms with van der Waals surface area (Å²) in [5.41, 5.74) is 2.42. The predicted molar refractivity (Wildman–Crippen MR) is 92.0 cm³/mol. The highest BCUT2D eigenvalue weighted by atomic mass is 16.5. The van der Waals surface area contributed by atoms with Crippen molar-refractivity contribution in [3.8, 4) is 11.5 Å². The van der Waals surface area contributed by atoms with Gasteiger partial charge in [0, 0.05) is 18.0 Å². The number of anilines is 1. The largest absolute Gasteiger partial charge is 0.497 e. The van der Waals surface area contributed by atoms with Crippen LogP contribution in [0.3, 0.4) is 0 Å². The first-order valence-electron chi connectivity index (χ1n) is 7.70. The summed E-state index contributed by atoms with van der Waals surface area (Å²) in [5.74, 6) is 1.10. The molecule has 0 bridgehead atoms. The van der Waals surface area contributed by atoms with Crippen LogP contribution in [0.1, 0.15) is 23.1 Å². The Bertz CT molecular complexity index is 886. The summed E-state index contributed by atoms with van der Waals surface area (Å²) >= 11 is 0. The number of ether oxygens (including phenoxy) is 2. The van der Waals surface area contributed by atoms with Crippen molar-refractivity contribution in [2.45, 2.75) is 13.8 Å². The summed E-state index contributed by atoms with van der Waals surface area (Å²) in [5, 5.41) is 2.88. The van der Waals surface area contributed by atoms with Gasteiger partial charge in [0.1, 0.15) is 11.4 Å². The summed E-state index contributed by atoms with van der Waals surface area (Å²) in [6.45, 7) is 4.26. The zero-order valence-corrected chi connectivity index (χ0v) is 13.9. The monoisotopic (exact) mass is 325 g/mol. The van der Waals surface area contributed by atoms with E-state index in [1.807, 2.05) is 44.2 Å². The number of pyridine rings is 1. The Hall–Kier alpha value is -3.02. The number of nitrogens with zero attached hydrogens (tertiary/aromatic N) is 2. The molecule has 0 aliphatic carbocycles. The molecule has 0 saturated carbocycles. The van der Waals surface area contributed by atoms with E-state index in [-0.39, 0.29) is 5.91 Å². The summed E-state index contributed by atoms with van der Waals surface area (Å²) in [6.07, 6.45) is 1.80. The van der Waals surface area contributed by atoms with Crippen LogP contribution in [0, 0.1) is 6.92 Å². The second-order valence-electron chi connectivity index (χ2n) is 5.23. The second-order valence-corrected chi connectivity index (χ2v) is 5.23. The van der Waals surface area contributed by atoms with Crippen LogP contribution in [0.25, 0.3) is 5.65 Å². The average Bonchev–Trinajstić information content (AvgIpc) is 2.92. The lowest BCUT2D eigenvalue weighted by atomic mass is 10.2. The van der Waals surface area contributed by atoms with Gasteiger partial charge in [-0.1, -0.05) is 6.07 Å². The highest BCUT2D eigenvalue weighted by Crippen LogP contribution is 2.23. The molecule has 0 spiro atoms. The van der Waals surface area contributed by atoms with Crippen molar-refractivity contribution in [1.82, 2.24) is 9.38 Å². The number of aromatic nitrogens is 2. The smallest absolute Gasteiger partial charge is 0.274 e. The Labute approximate surface area is 140 Å². The van der Waals surface area contributed by atoms with E-state index in [1.54, 1.807) is 23.8 Å². The van der Waals surface area contributed by atoms with Crippen molar-refractivity contribution in [1.29, 1.82) is 0 Å². The average molecular weight is 325 g/mol. The van der Waals surface area contributed by atoms with Gasteiger partial charge in [-0.3, -0.25) is 9.20 Å². The molecule has 1 aromatic carbocycles. The summed E-state index contributed by atoms with van der Waals surface area (Å²) in [6, 6.07) is 10.9. The first-order chi connectivity index (χ1) is 11.6. The van der Waals surface area contributed by atoms with E-state index in [1.165, 1.54) is 0 Å². The minimum absolute atomic E-state index is 0.234. The Morgan fingerprint density at radius 2 is 2.12 bits per heavy atom. The summed E-state index contributed by atoms with van der Waals surface area (Å²) in [4.78, 5) is 17.2. The number of hydrogen-bond donors (Lipinski definition) is 1. The van der Waals surface area contributed by atoms with Gasteiger partial charge in [-0.2, -0.15) is 0 Å². The van der Waals surface area contributed by atoms with Gasteiger partial charge in [0.05, 0.1) is 19.4 Å². The quantitative estimate of drug-likeness (QED) is 0.782. The van der Waals surface area contributed by atoms with Crippen LogP contribution < -0.4 is 14.8 Å². The molecule has 0 unspecified atom stereocenters. The molecule has 6 nitrogen and oxygen atoms in total. The Balaban J connectivity index is 1.97. The highest BCUT2D eigenvalue weighted by molar-refractivity contribution is 6.04. The van der Waals surface area contributed by atoms with Crippen LogP contribution in [0.4, 0.5) is 5.69 Å². The van der Waals surface area contributed by atoms with Crippen LogP contribution >= 0.6 is 0 Å². The van der Waals surface area contributed by atoms with E-state index < -0.39 is 0 Å². The van der Waals surface area contributed by atoms with Gasteiger partial charge >= 0.3 is 0 Å². The Morgan fingerprint density at radius 1 is 1.29 bits per heavy atom. The summed E-state index contributed by atoms with van der Waals surface area (Å²) < 4.78 is 12.5. The number of benzene rings is 1. The van der Waals surface area contributed by atoms with E-state index in [4.69, 9.17) is 9.47 Å². The minimum atomic E-state index is -0.234. The lowest BCUT2D eigenvalue weighted by Gasteiger charge is -2.08. The maximum absolute atomic E-state index is 12.7. The number of hydrogen-bond acceptors (Lipinski definition) is 4. The van der Waals surface area contributed by atoms with Crippen molar-refractivity contribution in [3.05, 3.63) is 54.0 Å². The third kappa shape index (κ3) is 2.90. The van der Waals surface area contributed by atoms with Gasteiger partial charge in [0.25, 0.3) is 5.91 Å². The second kappa shape index (κ2) is 6.62. The van der Waals surface area contributed by atoms with Gasteiger partial charge in [0.2, 0.25) is 0 Å². The first-order valence-corrected chi connectivity index (χ1v) is 7.70. The van der Waals surface area contributed by atoms with Gasteiger partial charge in [0.15, 0.2) is 11.4 Å². The fourth-order valence-corrected chi connectivity index (χ4v) is 2.59. The molecule has 0 atom stereocenters. The Morgan fingerprint density at radius 3 is 2.88 bits per heavy atom. The normalized spacial score (nSPS) is 10.6. The molecule has 1 amide bonds. The molecule has 0 aliphatic heterocycles. The zero-order valence-electron chi connectivity index (χ0n) is 13.9. The number of carbonyl (C=O) groups is 1. The molecule has 2 heterocycles. The number of nitrogens with one attached hydrogen (secondary N) is 1. The number of carbonyl (C=O) groups excluding carboxylic acids is 1. The maximum atomic E-state index is 12.7. The molecule has 2 aromatic heterocycles. The van der Waals surface area contributed by atoms with E-state index in [2.05, 4.69) is 10.3 Å². The highest BCUT2D eigenvalue weighted by Gasteiger charge is 2.19. The molecule has 124 valence electrons. The number of amides is 1. The van der Waals surface area contributed by atoms with Gasteiger partial charge in [-0.15, -0.1) is 0 Å². The topological polar surface area (TPSA) is 64.9 Å². The molecular formula is C18H19N3O3. The molecule has 0 radical (unpaired) electrons. The first kappa shape index (κ1) is 15.9. The molecule has 0 saturated heterocycles. The van der Waals surface area contributed by atoms with E-state index >= 15 is 0 Å². The lowest BCUT2D eigenvalue weighted by Crippen LogP contribution is -2.15. The third-order valence-electron chi connectivity index (χ3n) is 3.63. The van der Waals surface area contributed by atoms with Gasteiger partial charge in [-0.05, 0) is 38.1 Å². The number of fused-ring (bicyclic) bond motifs is 1. The minimum Gasteiger partial charge on any atom is -0.497 e. The number of aryl methyl sites for hydroxylation is 1. The van der Waals surface area contributed by atoms with Gasteiger partial charge < -0.3 is 14.8 Å². The van der Waals surface area contributed by atoms with Gasteiger partial charge in [-0.25, -0.2) is 4.98 Å². The molecule has 3 aromatic rings.